The number of ether oxygens (including phenoxy) is 7. The van der Waals surface area contributed by atoms with Gasteiger partial charge in [-0.2, -0.15) is 0 Å². The summed E-state index contributed by atoms with van der Waals surface area (Å²) in [6.07, 6.45) is -0.929. The number of hydrogen-bond acceptors (Lipinski definition) is 16. The molecule has 2 fully saturated rings. The number of carboxylic acid groups (broad SMARTS) is 1. The van der Waals surface area contributed by atoms with Gasteiger partial charge in [0.25, 0.3) is 11.8 Å². The number of anilines is 3. The second kappa shape index (κ2) is 33.4. The second-order valence-corrected chi connectivity index (χ2v) is 36.2. The molecule has 2 heterocycles. The van der Waals surface area contributed by atoms with Gasteiger partial charge in [-0.3, -0.25) is 34.6 Å². The van der Waals surface area contributed by atoms with Gasteiger partial charge in [-0.15, -0.1) is 0 Å². The Morgan fingerprint density at radius 1 is 0.630 bits per heavy atom. The summed E-state index contributed by atoms with van der Waals surface area (Å²) >= 11 is 0. The summed E-state index contributed by atoms with van der Waals surface area (Å²) < 4.78 is 53.0. The predicted molar refractivity (Wildman–Crippen MR) is 357 cm³/mol. The third-order valence-corrected chi connectivity index (χ3v) is 26.0. The number of carbonyl (C=O) groups is 7. The molecule has 508 valence electrons. The minimum atomic E-state index is -2.23. The van der Waals surface area contributed by atoms with E-state index in [2.05, 4.69) is 107 Å². The van der Waals surface area contributed by atoms with Crippen molar-refractivity contribution in [1.82, 2.24) is 20.4 Å². The largest absolute Gasteiger partial charge is 0.493 e. The van der Waals surface area contributed by atoms with Gasteiger partial charge in [-0.25, -0.2) is 9.59 Å². The normalized spacial score (nSPS) is 16.0. The van der Waals surface area contributed by atoms with Gasteiger partial charge in [0.2, 0.25) is 17.7 Å². The van der Waals surface area contributed by atoms with Gasteiger partial charge in [-0.05, 0) is 91.8 Å². The molecule has 3 aromatic carbocycles. The minimum Gasteiger partial charge on any atom is -0.493 e. The molecule has 0 saturated carbocycles. The molecule has 0 radical (unpaired) electrons. The molecular formula is C66H99N7O17Si2. The smallest absolute Gasteiger partial charge is 0.411 e. The molecule has 6 N–H and O–H groups in total. The monoisotopic (exact) mass is 1320 g/mol. The van der Waals surface area contributed by atoms with Crippen LogP contribution in [0.5, 0.6) is 23.0 Å². The first-order valence-electron chi connectivity index (χ1n) is 31.0. The van der Waals surface area contributed by atoms with Crippen molar-refractivity contribution in [2.75, 3.05) is 96.6 Å². The van der Waals surface area contributed by atoms with Crippen LogP contribution in [0.1, 0.15) is 114 Å². The van der Waals surface area contributed by atoms with Crippen molar-refractivity contribution in [3.8, 4) is 23.0 Å². The fourth-order valence-electron chi connectivity index (χ4n) is 9.43. The molecule has 24 nitrogen and oxygen atoms in total. The van der Waals surface area contributed by atoms with Crippen LogP contribution in [0, 0.1) is 5.92 Å². The average Bonchev–Trinajstić information content (AvgIpc) is 1.46. The third-order valence-electron chi connectivity index (χ3n) is 17.0. The quantitative estimate of drug-likeness (QED) is 0.0192. The van der Waals surface area contributed by atoms with E-state index in [-0.39, 0.29) is 138 Å². The molecule has 0 aromatic heterocycles. The summed E-state index contributed by atoms with van der Waals surface area (Å²) in [6, 6.07) is 9.81. The Morgan fingerprint density at radius 3 is 1.57 bits per heavy atom. The highest BCUT2D eigenvalue weighted by atomic mass is 28.4. The Hall–Kier alpha value is -7.50. The molecular weight excluding hydrogens is 1220 g/mol. The van der Waals surface area contributed by atoms with Crippen LogP contribution >= 0.6 is 0 Å². The Bertz CT molecular complexity index is 3110. The lowest BCUT2D eigenvalue weighted by Gasteiger charge is -2.38. The lowest BCUT2D eigenvalue weighted by molar-refractivity contribution is -0.132. The van der Waals surface area contributed by atoms with Crippen molar-refractivity contribution in [2.24, 2.45) is 5.92 Å². The van der Waals surface area contributed by atoms with E-state index < -0.39 is 64.5 Å². The zero-order chi connectivity index (χ0) is 68.5. The van der Waals surface area contributed by atoms with Crippen LogP contribution in [0.4, 0.5) is 26.7 Å². The molecule has 7 amide bonds. The van der Waals surface area contributed by atoms with Gasteiger partial charge in [0, 0.05) is 50.9 Å². The molecule has 26 heteroatoms. The molecule has 0 bridgehead atoms. The molecule has 0 unspecified atom stereocenters. The zero-order valence-electron chi connectivity index (χ0n) is 56.7. The lowest BCUT2D eigenvalue weighted by Crippen LogP contribution is -2.53. The summed E-state index contributed by atoms with van der Waals surface area (Å²) in [4.78, 5) is 97.5. The Kier molecular flexibility index (Phi) is 27.3. The van der Waals surface area contributed by atoms with Gasteiger partial charge in [0.05, 0.1) is 95.1 Å². The van der Waals surface area contributed by atoms with Gasteiger partial charge >= 0.3 is 12.2 Å². The van der Waals surface area contributed by atoms with Crippen LogP contribution in [0.25, 0.3) is 0 Å². The maximum atomic E-state index is 14.8. The lowest BCUT2D eigenvalue weighted by atomic mass is 10.0. The first-order chi connectivity index (χ1) is 43.1. The van der Waals surface area contributed by atoms with Crippen molar-refractivity contribution in [3.05, 3.63) is 89.5 Å². The highest BCUT2D eigenvalue weighted by Crippen LogP contribution is 2.41. The van der Waals surface area contributed by atoms with Crippen LogP contribution < -0.4 is 45.5 Å². The van der Waals surface area contributed by atoms with Gasteiger partial charge in [-0.1, -0.05) is 91.8 Å². The number of hydrogen-bond donors (Lipinski definition) is 6. The number of amides is 7. The number of benzene rings is 3. The minimum absolute atomic E-state index is 0.00516. The Labute approximate surface area is 544 Å². The molecule has 2 aliphatic rings. The van der Waals surface area contributed by atoms with Crippen LogP contribution in [0.15, 0.2) is 72.8 Å². The van der Waals surface area contributed by atoms with E-state index in [1.54, 1.807) is 55.0 Å². The maximum absolute atomic E-state index is 14.8. The molecule has 5 rings (SSSR count). The summed E-state index contributed by atoms with van der Waals surface area (Å²) in [5.41, 5.74) is 2.84. The van der Waals surface area contributed by atoms with E-state index in [0.29, 0.717) is 43.9 Å². The van der Waals surface area contributed by atoms with Crippen LogP contribution in [-0.4, -0.2) is 178 Å². The van der Waals surface area contributed by atoms with Crippen molar-refractivity contribution < 1.29 is 80.7 Å². The van der Waals surface area contributed by atoms with Crippen LogP contribution in [-0.2, 0) is 44.1 Å². The van der Waals surface area contributed by atoms with E-state index in [1.165, 1.54) is 45.4 Å². The van der Waals surface area contributed by atoms with Crippen molar-refractivity contribution >= 4 is 75.4 Å². The Balaban J connectivity index is 1.30. The number of likely N-dealkylation sites (tertiary alicyclic amines) is 2. The number of methoxy groups -OCH3 is 3. The molecule has 0 aliphatic carbocycles. The van der Waals surface area contributed by atoms with E-state index >= 15 is 0 Å². The number of carbonyl (C=O) groups excluding carboxylic acids is 6. The fraction of sp³-hybridized carbons (Fsp3) is 0.561. The van der Waals surface area contributed by atoms with E-state index in [0.717, 1.165) is 11.1 Å². The Morgan fingerprint density at radius 2 is 1.12 bits per heavy atom. The van der Waals surface area contributed by atoms with Crippen LogP contribution in [0.2, 0.25) is 36.3 Å². The number of nitrogens with zero attached hydrogens (tertiary/aromatic N) is 2. The second-order valence-electron chi connectivity index (χ2n) is 26.6. The van der Waals surface area contributed by atoms with E-state index in [9.17, 15) is 38.7 Å². The molecule has 2 saturated heterocycles. The maximum Gasteiger partial charge on any atom is 0.411 e. The molecule has 2 aliphatic heterocycles. The highest BCUT2D eigenvalue weighted by molar-refractivity contribution is 6.74. The van der Waals surface area contributed by atoms with Gasteiger partial charge in [0.1, 0.15) is 18.7 Å². The van der Waals surface area contributed by atoms with Crippen LogP contribution in [0.3, 0.4) is 0 Å². The summed E-state index contributed by atoms with van der Waals surface area (Å²) in [6.45, 7) is 36.7. The van der Waals surface area contributed by atoms with Crippen molar-refractivity contribution in [1.29, 1.82) is 0 Å². The topological polar surface area (TPSA) is 289 Å². The SMILES string of the molecule is C=C1C[C@H](CO[Si](C)(C)C(C)(C)C)N(C(=O)c2cc(OC)c(OCCCOc3cc(NC(=O)OCc4ccc(NC(=O)[C@H](C)NC(=O)[C@@H](NC(=O)CCOCCOC)C(C)C)cc4)c(C(=O)N4CC(=C)C[C@@H]4CO[Si](C)(C)C(C)(C)C)cc3OC)cc2NC(=O)O)C1. The molecule has 0 spiro atoms. The molecule has 3 aromatic rings. The summed E-state index contributed by atoms with van der Waals surface area (Å²) in [5, 5.41) is 23.1. The zero-order valence-corrected chi connectivity index (χ0v) is 58.7. The van der Waals surface area contributed by atoms with Crippen molar-refractivity contribution in [3.63, 3.8) is 0 Å². The standard InChI is InChI=1S/C66H99N7O17Si2/c1-41(2)58(71-57(74)24-27-85-29-28-82-12)60(76)67-44(5)59(75)68-46-22-20-45(21-23-46)38-88-64(81)70-52-35-56(54(84-14)33-50(52)62(78)73-37-43(4)31-48(73)40-90-92(17,18)66(9,10)11)87-26-19-25-86-55-34-51(69-63(79)80)49(32-53(55)83-13)61(77)72-36-42(3)30-47(72)39-89-91(15,16)65(6,7)8/h20-23,32-35,41,44,47-48,58,69H,3-4,19,24-31,36-40H2,1-2,5-18H3,(H,67,76)(H,68,75)(H,70,81)(H,71,74)(H,79,80)/t44-,47+,48+,58-/m0/s1. The van der Waals surface area contributed by atoms with Gasteiger partial charge in [0.15, 0.2) is 39.6 Å². The first kappa shape index (κ1) is 75.2. The van der Waals surface area contributed by atoms with Crippen molar-refractivity contribution in [2.45, 2.75) is 155 Å². The average molecular weight is 1320 g/mol. The van der Waals surface area contributed by atoms with E-state index in [4.69, 9.17) is 42.0 Å². The van der Waals surface area contributed by atoms with Gasteiger partial charge < -0.3 is 72.9 Å². The predicted octanol–water partition coefficient (Wildman–Crippen LogP) is 10.6. The fourth-order valence-corrected chi connectivity index (χ4v) is 11.5. The van der Waals surface area contributed by atoms with E-state index in [1.807, 2.05) is 0 Å². The molecule has 92 heavy (non-hydrogen) atoms. The third kappa shape index (κ3) is 21.3. The molecule has 4 atom stereocenters. The first-order valence-corrected chi connectivity index (χ1v) is 36.8. The summed E-state index contributed by atoms with van der Waals surface area (Å²) in [5.74, 6) is -1.83. The summed E-state index contributed by atoms with van der Waals surface area (Å²) in [7, 11) is -0.0169. The number of nitrogens with one attached hydrogen (secondary N) is 5. The number of rotatable bonds is 32. The highest BCUT2D eigenvalue weighted by Gasteiger charge is 2.42.